The van der Waals surface area contributed by atoms with Crippen LogP contribution >= 0.6 is 0 Å². The Labute approximate surface area is 83.4 Å². The van der Waals surface area contributed by atoms with Gasteiger partial charge in [-0.25, -0.2) is 0 Å². The van der Waals surface area contributed by atoms with Gasteiger partial charge in [-0.05, 0) is 6.42 Å². The molecule has 5 nitrogen and oxygen atoms in total. The Morgan fingerprint density at radius 3 is 2.64 bits per heavy atom. The third kappa shape index (κ3) is 3.08. The minimum atomic E-state index is -0.744. The van der Waals surface area contributed by atoms with E-state index in [9.17, 15) is 10.2 Å². The van der Waals surface area contributed by atoms with Gasteiger partial charge in [0.05, 0.1) is 17.9 Å². The average Bonchev–Trinajstić information content (AvgIpc) is 2.51. The van der Waals surface area contributed by atoms with Gasteiger partial charge in [0.1, 0.15) is 0 Å². The van der Waals surface area contributed by atoms with Crippen LogP contribution in [0.25, 0.3) is 0 Å². The van der Waals surface area contributed by atoms with Crippen LogP contribution in [-0.4, -0.2) is 37.4 Å². The van der Waals surface area contributed by atoms with Crippen LogP contribution in [0.3, 0.4) is 0 Å². The number of rotatable bonds is 5. The molecule has 1 aromatic rings. The Balaban J connectivity index is 2.43. The van der Waals surface area contributed by atoms with Crippen LogP contribution in [0.5, 0.6) is 0 Å². The van der Waals surface area contributed by atoms with Crippen molar-refractivity contribution in [2.75, 3.05) is 0 Å². The molecule has 0 aliphatic rings. The molecule has 0 bridgehead atoms. The molecule has 2 unspecified atom stereocenters. The van der Waals surface area contributed by atoms with Crippen LogP contribution in [0.15, 0.2) is 6.20 Å². The molecule has 0 saturated carbocycles. The van der Waals surface area contributed by atoms with Crippen molar-refractivity contribution in [1.29, 1.82) is 0 Å². The molecule has 14 heavy (non-hydrogen) atoms. The highest BCUT2D eigenvalue weighted by Gasteiger charge is 2.16. The van der Waals surface area contributed by atoms with Crippen LogP contribution in [0.1, 0.15) is 25.5 Å². The van der Waals surface area contributed by atoms with Gasteiger partial charge in [0.2, 0.25) is 0 Å². The maximum Gasteiger partial charge on any atom is 0.0855 e. The first-order valence-corrected chi connectivity index (χ1v) is 4.84. The van der Waals surface area contributed by atoms with Gasteiger partial charge < -0.3 is 10.2 Å². The van der Waals surface area contributed by atoms with Crippen molar-refractivity contribution in [2.45, 2.75) is 38.4 Å². The van der Waals surface area contributed by atoms with Crippen molar-refractivity contribution in [3.8, 4) is 0 Å². The first kappa shape index (κ1) is 11.1. The van der Waals surface area contributed by atoms with Crippen molar-refractivity contribution < 1.29 is 10.2 Å². The second kappa shape index (κ2) is 5.07. The molecular formula is C9H17N3O2. The first-order chi connectivity index (χ1) is 6.63. The molecular weight excluding hydrogens is 182 g/mol. The standard InChI is InChI=1S/C9H17N3O2/c1-3-4-8(13)9(14)5-7-6-12(2)11-10-7/h6,8-9,13-14H,3-5H2,1-2H3. The highest BCUT2D eigenvalue weighted by molar-refractivity contribution is 4.95. The fraction of sp³-hybridized carbons (Fsp3) is 0.778. The van der Waals surface area contributed by atoms with E-state index in [4.69, 9.17) is 0 Å². The Hall–Kier alpha value is -0.940. The van der Waals surface area contributed by atoms with E-state index in [-0.39, 0.29) is 0 Å². The molecule has 2 atom stereocenters. The summed E-state index contributed by atoms with van der Waals surface area (Å²) >= 11 is 0. The van der Waals surface area contributed by atoms with Gasteiger partial charge in [-0.1, -0.05) is 18.6 Å². The van der Waals surface area contributed by atoms with E-state index in [1.807, 2.05) is 6.92 Å². The van der Waals surface area contributed by atoms with E-state index in [0.29, 0.717) is 18.5 Å². The minimum Gasteiger partial charge on any atom is -0.390 e. The smallest absolute Gasteiger partial charge is 0.0855 e. The Morgan fingerprint density at radius 1 is 1.43 bits per heavy atom. The van der Waals surface area contributed by atoms with Gasteiger partial charge in [-0.15, -0.1) is 5.10 Å². The maximum absolute atomic E-state index is 9.58. The molecule has 0 amide bonds. The predicted molar refractivity (Wildman–Crippen MR) is 51.6 cm³/mol. The minimum absolute atomic E-state index is 0.356. The van der Waals surface area contributed by atoms with Gasteiger partial charge in [-0.2, -0.15) is 0 Å². The molecule has 0 fully saturated rings. The third-order valence-corrected chi connectivity index (χ3v) is 2.10. The Morgan fingerprint density at radius 2 is 2.14 bits per heavy atom. The van der Waals surface area contributed by atoms with Gasteiger partial charge in [0.25, 0.3) is 0 Å². The van der Waals surface area contributed by atoms with Crippen LogP contribution in [0.4, 0.5) is 0 Å². The zero-order chi connectivity index (χ0) is 10.6. The largest absolute Gasteiger partial charge is 0.390 e. The summed E-state index contributed by atoms with van der Waals surface area (Å²) in [7, 11) is 1.77. The molecule has 80 valence electrons. The first-order valence-electron chi connectivity index (χ1n) is 4.84. The number of aromatic nitrogens is 3. The predicted octanol–water partition coefficient (Wildman–Crippen LogP) is -0.121. The summed E-state index contributed by atoms with van der Waals surface area (Å²) in [6, 6.07) is 0. The Bertz CT molecular complexity index is 275. The number of nitrogens with zero attached hydrogens (tertiary/aromatic N) is 3. The van der Waals surface area contributed by atoms with Gasteiger partial charge in [-0.3, -0.25) is 4.68 Å². The lowest BCUT2D eigenvalue weighted by atomic mass is 10.1. The quantitative estimate of drug-likeness (QED) is 0.693. The Kier molecular flexibility index (Phi) is 4.03. The zero-order valence-electron chi connectivity index (χ0n) is 8.59. The summed E-state index contributed by atoms with van der Waals surface area (Å²) in [5.41, 5.74) is 0.704. The number of aryl methyl sites for hydroxylation is 1. The number of hydrogen-bond donors (Lipinski definition) is 2. The van der Waals surface area contributed by atoms with Gasteiger partial charge in [0.15, 0.2) is 0 Å². The zero-order valence-corrected chi connectivity index (χ0v) is 8.59. The SMILES string of the molecule is CCCC(O)C(O)Cc1cn(C)nn1. The van der Waals surface area contributed by atoms with E-state index >= 15 is 0 Å². The summed E-state index contributed by atoms with van der Waals surface area (Å²) in [6.07, 6.45) is 2.16. The summed E-state index contributed by atoms with van der Waals surface area (Å²) in [5, 5.41) is 26.7. The highest BCUT2D eigenvalue weighted by Crippen LogP contribution is 2.07. The van der Waals surface area contributed by atoms with Crippen molar-refractivity contribution in [1.82, 2.24) is 15.0 Å². The van der Waals surface area contributed by atoms with Gasteiger partial charge in [0, 0.05) is 19.7 Å². The normalized spacial score (nSPS) is 15.4. The van der Waals surface area contributed by atoms with Crippen molar-refractivity contribution in [2.24, 2.45) is 7.05 Å². The molecule has 1 heterocycles. The molecule has 0 saturated heterocycles. The summed E-state index contributed by atoms with van der Waals surface area (Å²) in [6.45, 7) is 1.97. The van der Waals surface area contributed by atoms with E-state index in [0.717, 1.165) is 6.42 Å². The second-order valence-corrected chi connectivity index (χ2v) is 3.51. The lowest BCUT2D eigenvalue weighted by Gasteiger charge is -2.15. The fourth-order valence-electron chi connectivity index (χ4n) is 1.33. The summed E-state index contributed by atoms with van der Waals surface area (Å²) < 4.78 is 1.58. The van der Waals surface area contributed by atoms with Crippen LogP contribution in [0.2, 0.25) is 0 Å². The summed E-state index contributed by atoms with van der Waals surface area (Å²) in [5.74, 6) is 0. The monoisotopic (exact) mass is 199 g/mol. The van der Waals surface area contributed by atoms with E-state index in [1.54, 1.807) is 17.9 Å². The van der Waals surface area contributed by atoms with Crippen molar-refractivity contribution in [3.63, 3.8) is 0 Å². The lowest BCUT2D eigenvalue weighted by molar-refractivity contribution is 0.0143. The number of aliphatic hydroxyl groups is 2. The second-order valence-electron chi connectivity index (χ2n) is 3.51. The summed E-state index contributed by atoms with van der Waals surface area (Å²) in [4.78, 5) is 0. The lowest BCUT2D eigenvalue weighted by Crippen LogP contribution is -2.27. The van der Waals surface area contributed by atoms with Crippen molar-refractivity contribution in [3.05, 3.63) is 11.9 Å². The number of aliphatic hydroxyl groups excluding tert-OH is 2. The van der Waals surface area contributed by atoms with Crippen molar-refractivity contribution >= 4 is 0 Å². The maximum atomic E-state index is 9.58. The molecule has 2 N–H and O–H groups in total. The third-order valence-electron chi connectivity index (χ3n) is 2.10. The molecule has 0 aliphatic heterocycles. The van der Waals surface area contributed by atoms with Gasteiger partial charge >= 0.3 is 0 Å². The molecule has 0 spiro atoms. The van der Waals surface area contributed by atoms with E-state index in [1.165, 1.54) is 0 Å². The molecule has 5 heteroatoms. The molecule has 1 aromatic heterocycles. The van der Waals surface area contributed by atoms with E-state index in [2.05, 4.69) is 10.3 Å². The fourth-order valence-corrected chi connectivity index (χ4v) is 1.33. The molecule has 0 aromatic carbocycles. The molecule has 0 radical (unpaired) electrons. The average molecular weight is 199 g/mol. The number of hydrogen-bond acceptors (Lipinski definition) is 4. The molecule has 0 aliphatic carbocycles. The molecule has 1 rings (SSSR count). The van der Waals surface area contributed by atoms with Crippen LogP contribution < -0.4 is 0 Å². The van der Waals surface area contributed by atoms with E-state index < -0.39 is 12.2 Å². The highest BCUT2D eigenvalue weighted by atomic mass is 16.3. The van der Waals surface area contributed by atoms with Crippen LogP contribution in [-0.2, 0) is 13.5 Å². The van der Waals surface area contributed by atoms with Crippen LogP contribution in [0, 0.1) is 0 Å². The topological polar surface area (TPSA) is 71.2 Å².